The number of carbonyl (C=O) groups is 2. The Morgan fingerprint density at radius 3 is 2.12 bits per heavy atom. The molecule has 5 heteroatoms. The first-order valence-corrected chi connectivity index (χ1v) is 8.99. The van der Waals surface area contributed by atoms with Crippen molar-refractivity contribution in [1.29, 1.82) is 0 Å². The summed E-state index contributed by atoms with van der Waals surface area (Å²) >= 11 is 0. The first-order valence-electron chi connectivity index (χ1n) is 8.99. The molecule has 0 saturated carbocycles. The molecule has 2 aromatic carbocycles. The Bertz CT molecular complexity index is 771. The quantitative estimate of drug-likeness (QED) is 0.845. The van der Waals surface area contributed by atoms with Crippen LogP contribution in [0.5, 0.6) is 0 Å². The van der Waals surface area contributed by atoms with Gasteiger partial charge in [0.05, 0.1) is 11.5 Å². The SMILES string of the molecule is CC[C@@H](C(=O)N1CCN(C(=O)c2ccccc2F)CC1)c1ccccc1. The molecule has 1 aliphatic rings. The largest absolute Gasteiger partial charge is 0.339 e. The van der Waals surface area contributed by atoms with Crippen LogP contribution in [0.4, 0.5) is 4.39 Å². The van der Waals surface area contributed by atoms with Crippen LogP contribution >= 0.6 is 0 Å². The van der Waals surface area contributed by atoms with Gasteiger partial charge in [0.25, 0.3) is 5.91 Å². The molecule has 2 amide bonds. The molecule has 1 atom stereocenters. The molecule has 3 rings (SSSR count). The molecule has 1 fully saturated rings. The molecular formula is C21H23FN2O2. The van der Waals surface area contributed by atoms with Gasteiger partial charge >= 0.3 is 0 Å². The predicted molar refractivity (Wildman–Crippen MR) is 98.4 cm³/mol. The average molecular weight is 354 g/mol. The zero-order valence-electron chi connectivity index (χ0n) is 14.9. The number of piperazine rings is 1. The van der Waals surface area contributed by atoms with Crippen molar-refractivity contribution in [3.05, 3.63) is 71.5 Å². The number of nitrogens with zero attached hydrogens (tertiary/aromatic N) is 2. The van der Waals surface area contributed by atoms with Gasteiger partial charge in [-0.2, -0.15) is 0 Å². The van der Waals surface area contributed by atoms with Gasteiger partial charge in [0, 0.05) is 26.2 Å². The van der Waals surface area contributed by atoms with Crippen LogP contribution in [0.25, 0.3) is 0 Å². The summed E-state index contributed by atoms with van der Waals surface area (Å²) in [5, 5.41) is 0. The molecule has 2 aromatic rings. The van der Waals surface area contributed by atoms with Gasteiger partial charge in [-0.1, -0.05) is 49.4 Å². The lowest BCUT2D eigenvalue weighted by atomic mass is 9.95. The molecule has 26 heavy (non-hydrogen) atoms. The Kier molecular flexibility index (Phi) is 5.66. The number of carbonyl (C=O) groups excluding carboxylic acids is 2. The average Bonchev–Trinajstić information content (AvgIpc) is 2.69. The van der Waals surface area contributed by atoms with E-state index < -0.39 is 5.82 Å². The van der Waals surface area contributed by atoms with Gasteiger partial charge in [0.1, 0.15) is 5.82 Å². The molecule has 0 spiro atoms. The van der Waals surface area contributed by atoms with Crippen molar-refractivity contribution in [2.75, 3.05) is 26.2 Å². The van der Waals surface area contributed by atoms with E-state index in [9.17, 15) is 14.0 Å². The van der Waals surface area contributed by atoms with Crippen LogP contribution in [0.3, 0.4) is 0 Å². The lowest BCUT2D eigenvalue weighted by Gasteiger charge is -2.36. The maximum atomic E-state index is 13.8. The molecule has 0 aliphatic carbocycles. The second-order valence-electron chi connectivity index (χ2n) is 6.47. The smallest absolute Gasteiger partial charge is 0.256 e. The van der Waals surface area contributed by atoms with E-state index in [4.69, 9.17) is 0 Å². The molecule has 0 N–H and O–H groups in total. The van der Waals surface area contributed by atoms with Crippen molar-refractivity contribution in [3.8, 4) is 0 Å². The van der Waals surface area contributed by atoms with E-state index >= 15 is 0 Å². The molecule has 0 unspecified atom stereocenters. The molecule has 1 aliphatic heterocycles. The van der Waals surface area contributed by atoms with Gasteiger partial charge in [-0.3, -0.25) is 9.59 Å². The van der Waals surface area contributed by atoms with Gasteiger partial charge in [-0.15, -0.1) is 0 Å². The summed E-state index contributed by atoms with van der Waals surface area (Å²) in [6.45, 7) is 3.80. The van der Waals surface area contributed by atoms with Crippen molar-refractivity contribution in [2.45, 2.75) is 19.3 Å². The van der Waals surface area contributed by atoms with E-state index in [1.165, 1.54) is 12.1 Å². The van der Waals surface area contributed by atoms with Crippen LogP contribution in [-0.2, 0) is 4.79 Å². The topological polar surface area (TPSA) is 40.6 Å². The Morgan fingerprint density at radius 1 is 0.923 bits per heavy atom. The number of hydrogen-bond acceptors (Lipinski definition) is 2. The maximum absolute atomic E-state index is 13.8. The van der Waals surface area contributed by atoms with Crippen LogP contribution in [-0.4, -0.2) is 47.8 Å². The fourth-order valence-corrected chi connectivity index (χ4v) is 3.39. The van der Waals surface area contributed by atoms with Crippen molar-refractivity contribution in [3.63, 3.8) is 0 Å². The molecule has 136 valence electrons. The van der Waals surface area contributed by atoms with E-state index in [0.717, 1.165) is 12.0 Å². The molecule has 0 radical (unpaired) electrons. The zero-order chi connectivity index (χ0) is 18.5. The lowest BCUT2D eigenvalue weighted by Crippen LogP contribution is -2.51. The second-order valence-corrected chi connectivity index (χ2v) is 6.47. The van der Waals surface area contributed by atoms with Crippen molar-refractivity contribution in [1.82, 2.24) is 9.80 Å². The summed E-state index contributed by atoms with van der Waals surface area (Å²) in [5.41, 5.74) is 1.10. The summed E-state index contributed by atoms with van der Waals surface area (Å²) in [7, 11) is 0. The normalized spacial score (nSPS) is 15.6. The number of rotatable bonds is 4. The monoisotopic (exact) mass is 354 g/mol. The summed E-state index contributed by atoms with van der Waals surface area (Å²) < 4.78 is 13.8. The summed E-state index contributed by atoms with van der Waals surface area (Å²) in [4.78, 5) is 28.8. The molecule has 4 nitrogen and oxygen atoms in total. The Balaban J connectivity index is 1.64. The lowest BCUT2D eigenvalue weighted by molar-refractivity contribution is -0.134. The van der Waals surface area contributed by atoms with Crippen LogP contribution < -0.4 is 0 Å². The highest BCUT2D eigenvalue weighted by Gasteiger charge is 2.29. The summed E-state index contributed by atoms with van der Waals surface area (Å²) in [6.07, 6.45) is 0.733. The van der Waals surface area contributed by atoms with Crippen molar-refractivity contribution >= 4 is 11.8 Å². The third-order valence-electron chi connectivity index (χ3n) is 4.89. The zero-order valence-corrected chi connectivity index (χ0v) is 14.9. The van der Waals surface area contributed by atoms with Crippen LogP contribution in [0.1, 0.15) is 35.2 Å². The minimum atomic E-state index is -0.508. The van der Waals surface area contributed by atoms with Crippen molar-refractivity contribution in [2.24, 2.45) is 0 Å². The fourth-order valence-electron chi connectivity index (χ4n) is 3.39. The first-order chi connectivity index (χ1) is 12.6. The van der Waals surface area contributed by atoms with Gasteiger partial charge in [-0.25, -0.2) is 4.39 Å². The van der Waals surface area contributed by atoms with Gasteiger partial charge in [0.2, 0.25) is 5.91 Å². The minimum absolute atomic E-state index is 0.0861. The molecule has 1 heterocycles. The second kappa shape index (κ2) is 8.13. The van der Waals surface area contributed by atoms with E-state index in [1.807, 2.05) is 42.2 Å². The number of halogens is 1. The fraction of sp³-hybridized carbons (Fsp3) is 0.333. The highest BCUT2D eigenvalue weighted by molar-refractivity contribution is 5.94. The van der Waals surface area contributed by atoms with E-state index in [2.05, 4.69) is 0 Å². The Labute approximate surface area is 153 Å². The standard InChI is InChI=1S/C21H23FN2O2/c1-2-17(16-8-4-3-5-9-16)20(25)23-12-14-24(15-13-23)21(26)18-10-6-7-11-19(18)22/h3-11,17H,2,12-15H2,1H3/t17-/m1/s1. The Morgan fingerprint density at radius 2 is 1.50 bits per heavy atom. The minimum Gasteiger partial charge on any atom is -0.339 e. The number of benzene rings is 2. The van der Waals surface area contributed by atoms with Crippen LogP contribution in [0.15, 0.2) is 54.6 Å². The van der Waals surface area contributed by atoms with Crippen molar-refractivity contribution < 1.29 is 14.0 Å². The highest BCUT2D eigenvalue weighted by atomic mass is 19.1. The number of amides is 2. The number of hydrogen-bond donors (Lipinski definition) is 0. The van der Waals surface area contributed by atoms with Crippen LogP contribution in [0.2, 0.25) is 0 Å². The van der Waals surface area contributed by atoms with Gasteiger partial charge in [0.15, 0.2) is 0 Å². The third kappa shape index (κ3) is 3.77. The molecule has 0 aromatic heterocycles. The Hall–Kier alpha value is -2.69. The van der Waals surface area contributed by atoms with Crippen LogP contribution in [0, 0.1) is 5.82 Å². The van der Waals surface area contributed by atoms with Gasteiger partial charge in [-0.05, 0) is 24.1 Å². The summed E-state index contributed by atoms with van der Waals surface area (Å²) in [5.74, 6) is -0.891. The maximum Gasteiger partial charge on any atom is 0.256 e. The third-order valence-corrected chi connectivity index (χ3v) is 4.89. The van der Waals surface area contributed by atoms with E-state index in [0.29, 0.717) is 26.2 Å². The molecule has 1 saturated heterocycles. The highest BCUT2D eigenvalue weighted by Crippen LogP contribution is 2.23. The van der Waals surface area contributed by atoms with E-state index in [-0.39, 0.29) is 23.3 Å². The van der Waals surface area contributed by atoms with Gasteiger partial charge < -0.3 is 9.80 Å². The molecular weight excluding hydrogens is 331 g/mol. The van der Waals surface area contributed by atoms with E-state index in [1.54, 1.807) is 17.0 Å². The molecule has 0 bridgehead atoms. The first kappa shape index (κ1) is 18.1. The summed E-state index contributed by atoms with van der Waals surface area (Å²) in [6, 6.07) is 15.8. The predicted octanol–water partition coefficient (Wildman–Crippen LogP) is 3.30.